The van der Waals surface area contributed by atoms with Crippen LogP contribution in [0.3, 0.4) is 0 Å². The van der Waals surface area contributed by atoms with E-state index in [4.69, 9.17) is 16.3 Å². The summed E-state index contributed by atoms with van der Waals surface area (Å²) in [7, 11) is 0. The van der Waals surface area contributed by atoms with Crippen molar-refractivity contribution in [2.24, 2.45) is 0 Å². The molecule has 0 spiro atoms. The molecule has 166 valence electrons. The van der Waals surface area contributed by atoms with E-state index in [9.17, 15) is 32.9 Å². The van der Waals surface area contributed by atoms with Crippen molar-refractivity contribution >= 4 is 34.9 Å². The van der Waals surface area contributed by atoms with Crippen molar-refractivity contribution in [3.05, 3.63) is 75.3 Å². The number of rotatable bonds is 6. The van der Waals surface area contributed by atoms with Crippen LogP contribution in [-0.2, 0) is 15.7 Å². The highest BCUT2D eigenvalue weighted by Crippen LogP contribution is 2.33. The first-order chi connectivity index (χ1) is 15.1. The molecule has 3 aromatic rings. The molecule has 0 atom stereocenters. The number of halogens is 4. The van der Waals surface area contributed by atoms with E-state index in [0.717, 1.165) is 41.3 Å². The van der Waals surface area contributed by atoms with Crippen LogP contribution >= 0.6 is 11.6 Å². The highest BCUT2D eigenvalue weighted by molar-refractivity contribution is 6.33. The Bertz CT molecular complexity index is 1180. The standard InChI is InChI=1S/C18H11ClF3N5O5/c19-13-3-2-11(27(30)31)6-12(13)17(29)32-7-16(28)25-14-5-10(18(20,21)22)1-4-15(14)26-9-23-8-24-26/h1-6,8-9H,7H2,(H,25,28). The van der Waals surface area contributed by atoms with Crippen molar-refractivity contribution in [3.8, 4) is 5.69 Å². The normalized spacial score (nSPS) is 11.1. The predicted molar refractivity (Wildman–Crippen MR) is 103 cm³/mol. The van der Waals surface area contributed by atoms with Crippen LogP contribution in [0.2, 0.25) is 5.02 Å². The summed E-state index contributed by atoms with van der Waals surface area (Å²) >= 11 is 5.83. The molecule has 0 aliphatic rings. The summed E-state index contributed by atoms with van der Waals surface area (Å²) in [5, 5.41) is 16.7. The summed E-state index contributed by atoms with van der Waals surface area (Å²) in [6, 6.07) is 5.64. The van der Waals surface area contributed by atoms with Gasteiger partial charge >= 0.3 is 12.1 Å². The number of non-ortho nitro benzene ring substituents is 1. The molecule has 1 amide bonds. The summed E-state index contributed by atoms with van der Waals surface area (Å²) in [5.41, 5.74) is -1.99. The SMILES string of the molecule is O=C(COC(=O)c1cc([N+](=O)[O-])ccc1Cl)Nc1cc(C(F)(F)F)ccc1-n1cncn1. The zero-order valence-corrected chi connectivity index (χ0v) is 16.4. The van der Waals surface area contributed by atoms with Gasteiger partial charge in [0, 0.05) is 12.1 Å². The quantitative estimate of drug-likeness (QED) is 0.331. The van der Waals surface area contributed by atoms with E-state index in [1.54, 1.807) is 0 Å². The van der Waals surface area contributed by atoms with Gasteiger partial charge in [-0.2, -0.15) is 18.3 Å². The van der Waals surface area contributed by atoms with E-state index in [1.807, 2.05) is 0 Å². The average molecular weight is 470 g/mol. The first-order valence-corrected chi connectivity index (χ1v) is 8.91. The summed E-state index contributed by atoms with van der Waals surface area (Å²) in [5.74, 6) is -2.10. The van der Waals surface area contributed by atoms with Crippen LogP contribution in [0.4, 0.5) is 24.5 Å². The first kappa shape index (κ1) is 22.7. The minimum absolute atomic E-state index is 0.0805. The lowest BCUT2D eigenvalue weighted by molar-refractivity contribution is -0.384. The highest BCUT2D eigenvalue weighted by Gasteiger charge is 2.31. The summed E-state index contributed by atoms with van der Waals surface area (Å²) in [6.45, 7) is -0.898. The van der Waals surface area contributed by atoms with E-state index in [2.05, 4.69) is 15.4 Å². The van der Waals surface area contributed by atoms with E-state index >= 15 is 0 Å². The van der Waals surface area contributed by atoms with Crippen LogP contribution < -0.4 is 5.32 Å². The zero-order valence-electron chi connectivity index (χ0n) is 15.7. The number of alkyl halides is 3. The molecule has 0 fully saturated rings. The van der Waals surface area contributed by atoms with Crippen molar-refractivity contribution in [1.29, 1.82) is 0 Å². The number of nitro groups is 1. The Balaban J connectivity index is 1.77. The number of ether oxygens (including phenoxy) is 1. The lowest BCUT2D eigenvalue weighted by Crippen LogP contribution is -2.22. The van der Waals surface area contributed by atoms with Crippen molar-refractivity contribution in [2.45, 2.75) is 6.18 Å². The second kappa shape index (κ2) is 9.01. The maximum absolute atomic E-state index is 13.1. The minimum Gasteiger partial charge on any atom is -0.452 e. The lowest BCUT2D eigenvalue weighted by Gasteiger charge is -2.14. The maximum Gasteiger partial charge on any atom is 0.416 e. The van der Waals surface area contributed by atoms with Crippen LogP contribution in [0.25, 0.3) is 5.69 Å². The molecule has 0 bridgehead atoms. The average Bonchev–Trinajstić information content (AvgIpc) is 3.26. The van der Waals surface area contributed by atoms with Gasteiger partial charge in [0.15, 0.2) is 6.61 Å². The molecule has 32 heavy (non-hydrogen) atoms. The van der Waals surface area contributed by atoms with Gasteiger partial charge in [-0.25, -0.2) is 14.5 Å². The molecule has 0 saturated carbocycles. The molecule has 14 heteroatoms. The van der Waals surface area contributed by atoms with Gasteiger partial charge in [0.05, 0.1) is 32.4 Å². The number of esters is 1. The molecule has 0 unspecified atom stereocenters. The number of carbonyl (C=O) groups is 2. The summed E-state index contributed by atoms with van der Waals surface area (Å²) in [4.78, 5) is 38.2. The molecule has 1 N–H and O–H groups in total. The number of aromatic nitrogens is 3. The minimum atomic E-state index is -4.67. The Morgan fingerprint density at radius 2 is 1.97 bits per heavy atom. The number of hydrogen-bond donors (Lipinski definition) is 1. The Morgan fingerprint density at radius 3 is 2.59 bits per heavy atom. The molecule has 1 aromatic heterocycles. The van der Waals surface area contributed by atoms with Crippen LogP contribution in [-0.4, -0.2) is 38.2 Å². The van der Waals surface area contributed by atoms with Crippen LogP contribution in [0, 0.1) is 10.1 Å². The largest absolute Gasteiger partial charge is 0.452 e. The summed E-state index contributed by atoms with van der Waals surface area (Å²) in [6.07, 6.45) is -2.32. The van der Waals surface area contributed by atoms with Gasteiger partial charge < -0.3 is 10.1 Å². The fourth-order valence-electron chi connectivity index (χ4n) is 2.52. The number of nitrogens with one attached hydrogen (secondary N) is 1. The van der Waals surface area contributed by atoms with E-state index in [0.29, 0.717) is 6.07 Å². The third-order valence-electron chi connectivity index (χ3n) is 3.98. The van der Waals surface area contributed by atoms with Crippen molar-refractivity contribution in [1.82, 2.24) is 14.8 Å². The van der Waals surface area contributed by atoms with Gasteiger partial charge in [-0.05, 0) is 24.3 Å². The van der Waals surface area contributed by atoms with E-state index < -0.39 is 40.8 Å². The molecule has 0 saturated heterocycles. The van der Waals surface area contributed by atoms with Crippen LogP contribution in [0.1, 0.15) is 15.9 Å². The molecule has 0 aliphatic heterocycles. The number of anilines is 1. The third kappa shape index (κ3) is 5.18. The Kier molecular flexibility index (Phi) is 6.39. The van der Waals surface area contributed by atoms with Crippen molar-refractivity contribution in [2.75, 3.05) is 11.9 Å². The Morgan fingerprint density at radius 1 is 1.22 bits per heavy atom. The second-order valence-electron chi connectivity index (χ2n) is 6.12. The topological polar surface area (TPSA) is 129 Å². The number of benzene rings is 2. The smallest absolute Gasteiger partial charge is 0.416 e. The highest BCUT2D eigenvalue weighted by atomic mass is 35.5. The van der Waals surface area contributed by atoms with E-state index in [1.165, 1.54) is 6.33 Å². The molecular formula is C18H11ClF3N5O5. The number of amides is 1. The number of hydrogen-bond acceptors (Lipinski definition) is 7. The first-order valence-electron chi connectivity index (χ1n) is 8.53. The third-order valence-corrected chi connectivity index (χ3v) is 4.31. The Hall–Kier alpha value is -4.00. The van der Waals surface area contributed by atoms with Crippen molar-refractivity contribution in [3.63, 3.8) is 0 Å². The molecule has 10 nitrogen and oxygen atoms in total. The number of nitro benzene ring substituents is 1. The monoisotopic (exact) mass is 469 g/mol. The van der Waals surface area contributed by atoms with E-state index in [-0.39, 0.29) is 22.0 Å². The maximum atomic E-state index is 13.1. The molecule has 1 heterocycles. The summed E-state index contributed by atoms with van der Waals surface area (Å²) < 4.78 is 45.1. The fourth-order valence-corrected chi connectivity index (χ4v) is 2.72. The van der Waals surface area contributed by atoms with Gasteiger partial charge in [-0.3, -0.25) is 14.9 Å². The van der Waals surface area contributed by atoms with Crippen molar-refractivity contribution < 1.29 is 32.4 Å². The molecule has 0 radical (unpaired) electrons. The van der Waals surface area contributed by atoms with Gasteiger partial charge in [-0.15, -0.1) is 0 Å². The number of carbonyl (C=O) groups excluding carboxylic acids is 2. The van der Waals surface area contributed by atoms with Gasteiger partial charge in [0.2, 0.25) is 0 Å². The molecular weight excluding hydrogens is 459 g/mol. The van der Waals surface area contributed by atoms with Gasteiger partial charge in [0.25, 0.3) is 11.6 Å². The predicted octanol–water partition coefficient (Wildman–Crippen LogP) is 3.64. The fraction of sp³-hybridized carbons (Fsp3) is 0.111. The van der Waals surface area contributed by atoms with Gasteiger partial charge in [0.1, 0.15) is 12.7 Å². The molecule has 0 aliphatic carbocycles. The second-order valence-corrected chi connectivity index (χ2v) is 6.52. The Labute approximate surface area is 181 Å². The van der Waals surface area contributed by atoms with Crippen LogP contribution in [0.5, 0.6) is 0 Å². The number of nitrogens with zero attached hydrogens (tertiary/aromatic N) is 4. The molecule has 3 rings (SSSR count). The zero-order chi connectivity index (χ0) is 23.5. The van der Waals surface area contributed by atoms with Gasteiger partial charge in [-0.1, -0.05) is 11.6 Å². The lowest BCUT2D eigenvalue weighted by atomic mass is 10.1. The molecule has 2 aromatic carbocycles. The van der Waals surface area contributed by atoms with Crippen LogP contribution in [0.15, 0.2) is 49.1 Å².